The predicted molar refractivity (Wildman–Crippen MR) is 157 cm³/mol. The molecule has 4 aromatic rings. The van der Waals surface area contributed by atoms with E-state index in [1.54, 1.807) is 18.6 Å². The number of aryl methyl sites for hydroxylation is 1. The highest BCUT2D eigenvalue weighted by atomic mass is 32.1. The van der Waals surface area contributed by atoms with Crippen molar-refractivity contribution in [3.8, 4) is 5.75 Å². The topological polar surface area (TPSA) is 69.9 Å². The molecule has 6 nitrogen and oxygen atoms in total. The van der Waals surface area contributed by atoms with E-state index in [1.165, 1.54) is 22.7 Å². The summed E-state index contributed by atoms with van der Waals surface area (Å²) in [4.78, 5) is 33.8. The SMILES string of the molecule is CCOC(=O)C1=C(c2ccccc2)N=c2s/c(=C\c3cc(C(C)C)c(OC)cc3C)c(=O)n2C1c1cccs1. The molecule has 0 radical (unpaired) electrons. The van der Waals surface area contributed by atoms with Crippen LogP contribution in [0.5, 0.6) is 5.75 Å². The van der Waals surface area contributed by atoms with Crippen LogP contribution < -0.4 is 19.6 Å². The molecule has 8 heteroatoms. The number of aromatic nitrogens is 1. The van der Waals surface area contributed by atoms with Gasteiger partial charge in [-0.3, -0.25) is 9.36 Å². The van der Waals surface area contributed by atoms with Gasteiger partial charge in [0.2, 0.25) is 0 Å². The first-order valence-corrected chi connectivity index (χ1v) is 14.5. The Labute approximate surface area is 235 Å². The number of ether oxygens (including phenoxy) is 2. The molecule has 0 saturated heterocycles. The number of nitrogens with zero attached hydrogens (tertiary/aromatic N) is 2. The summed E-state index contributed by atoms with van der Waals surface area (Å²) in [5.74, 6) is 0.624. The summed E-state index contributed by atoms with van der Waals surface area (Å²) in [5.41, 5.74) is 4.55. The number of fused-ring (bicyclic) bond motifs is 1. The molecular formula is C31H30N2O4S2. The molecule has 3 heterocycles. The lowest BCUT2D eigenvalue weighted by molar-refractivity contribution is -0.138. The van der Waals surface area contributed by atoms with Gasteiger partial charge >= 0.3 is 5.97 Å². The Morgan fingerprint density at radius 2 is 1.92 bits per heavy atom. The fourth-order valence-corrected chi connectivity index (χ4v) is 6.61. The Morgan fingerprint density at radius 3 is 2.56 bits per heavy atom. The molecule has 0 bridgehead atoms. The van der Waals surface area contributed by atoms with Crippen molar-refractivity contribution in [1.29, 1.82) is 0 Å². The molecule has 5 rings (SSSR count). The number of esters is 1. The van der Waals surface area contributed by atoms with Crippen LogP contribution in [0.15, 0.2) is 75.3 Å². The first kappa shape index (κ1) is 26.8. The van der Waals surface area contributed by atoms with Crippen molar-refractivity contribution in [1.82, 2.24) is 4.57 Å². The first-order valence-electron chi connectivity index (χ1n) is 12.8. The van der Waals surface area contributed by atoms with Crippen molar-refractivity contribution in [2.45, 2.75) is 39.7 Å². The summed E-state index contributed by atoms with van der Waals surface area (Å²) in [7, 11) is 1.68. The number of carbonyl (C=O) groups is 1. The zero-order valence-corrected chi connectivity index (χ0v) is 24.2. The lowest BCUT2D eigenvalue weighted by Gasteiger charge is -2.24. The Morgan fingerprint density at radius 1 is 1.15 bits per heavy atom. The van der Waals surface area contributed by atoms with E-state index in [0.29, 0.717) is 20.6 Å². The summed E-state index contributed by atoms with van der Waals surface area (Å²) in [5, 5.41) is 1.95. The van der Waals surface area contributed by atoms with Crippen LogP contribution in [-0.2, 0) is 9.53 Å². The number of hydrogen-bond acceptors (Lipinski definition) is 7. The van der Waals surface area contributed by atoms with Crippen LogP contribution in [0.1, 0.15) is 59.9 Å². The third-order valence-electron chi connectivity index (χ3n) is 6.71. The van der Waals surface area contributed by atoms with E-state index in [1.807, 2.05) is 66.9 Å². The van der Waals surface area contributed by atoms with Gasteiger partial charge in [-0.15, -0.1) is 11.3 Å². The van der Waals surface area contributed by atoms with Crippen LogP contribution in [0.2, 0.25) is 0 Å². The maximum atomic E-state index is 14.0. The van der Waals surface area contributed by atoms with Crippen LogP contribution in [0, 0.1) is 6.92 Å². The van der Waals surface area contributed by atoms with Gasteiger partial charge < -0.3 is 9.47 Å². The second-order valence-corrected chi connectivity index (χ2v) is 11.5. The number of thiazole rings is 1. The van der Waals surface area contributed by atoms with Crippen molar-refractivity contribution in [2.24, 2.45) is 4.99 Å². The lowest BCUT2D eigenvalue weighted by atomic mass is 9.96. The molecule has 0 saturated carbocycles. The third-order valence-corrected chi connectivity index (χ3v) is 8.62. The Kier molecular flexibility index (Phi) is 7.68. The summed E-state index contributed by atoms with van der Waals surface area (Å²) >= 11 is 2.83. The van der Waals surface area contributed by atoms with E-state index in [2.05, 4.69) is 19.9 Å². The number of thiophene rings is 1. The average molecular weight is 559 g/mol. The quantitative estimate of drug-likeness (QED) is 0.284. The monoisotopic (exact) mass is 558 g/mol. The van der Waals surface area contributed by atoms with E-state index in [9.17, 15) is 9.59 Å². The summed E-state index contributed by atoms with van der Waals surface area (Å²) in [6, 6.07) is 16.9. The van der Waals surface area contributed by atoms with E-state index >= 15 is 0 Å². The smallest absolute Gasteiger partial charge is 0.338 e. The van der Waals surface area contributed by atoms with Gasteiger partial charge in [0.25, 0.3) is 5.56 Å². The number of rotatable bonds is 7. The molecule has 1 aliphatic heterocycles. The van der Waals surface area contributed by atoms with Crippen molar-refractivity contribution in [3.05, 3.63) is 112 Å². The van der Waals surface area contributed by atoms with Crippen molar-refractivity contribution in [2.75, 3.05) is 13.7 Å². The fourth-order valence-electron chi connectivity index (χ4n) is 4.80. The molecule has 0 spiro atoms. The molecule has 39 heavy (non-hydrogen) atoms. The van der Waals surface area contributed by atoms with Crippen molar-refractivity contribution < 1.29 is 14.3 Å². The van der Waals surface area contributed by atoms with Gasteiger partial charge in [-0.05, 0) is 66.1 Å². The molecule has 2 aromatic heterocycles. The zero-order chi connectivity index (χ0) is 27.7. The summed E-state index contributed by atoms with van der Waals surface area (Å²) in [6.07, 6.45) is 1.92. The predicted octanol–water partition coefficient (Wildman–Crippen LogP) is 5.44. The molecule has 0 aliphatic carbocycles. The van der Waals surface area contributed by atoms with Gasteiger partial charge in [0.1, 0.15) is 11.8 Å². The first-order chi connectivity index (χ1) is 18.8. The van der Waals surface area contributed by atoms with E-state index in [4.69, 9.17) is 14.5 Å². The Balaban J connectivity index is 1.79. The van der Waals surface area contributed by atoms with E-state index in [-0.39, 0.29) is 18.1 Å². The van der Waals surface area contributed by atoms with Crippen LogP contribution in [0.4, 0.5) is 0 Å². The highest BCUT2D eigenvalue weighted by molar-refractivity contribution is 7.10. The van der Waals surface area contributed by atoms with Crippen molar-refractivity contribution >= 4 is 40.4 Å². The number of benzene rings is 2. The molecule has 0 amide bonds. The summed E-state index contributed by atoms with van der Waals surface area (Å²) in [6.45, 7) is 8.25. The second kappa shape index (κ2) is 11.2. The lowest BCUT2D eigenvalue weighted by Crippen LogP contribution is -2.39. The second-order valence-electron chi connectivity index (χ2n) is 9.55. The highest BCUT2D eigenvalue weighted by Crippen LogP contribution is 2.37. The minimum Gasteiger partial charge on any atom is -0.496 e. The Hall–Kier alpha value is -3.75. The number of carbonyl (C=O) groups excluding carboxylic acids is 1. The number of methoxy groups -OCH3 is 1. The molecule has 0 N–H and O–H groups in total. The highest BCUT2D eigenvalue weighted by Gasteiger charge is 2.35. The van der Waals surface area contributed by atoms with Crippen LogP contribution in [0.3, 0.4) is 0 Å². The number of hydrogen-bond donors (Lipinski definition) is 0. The minimum atomic E-state index is -0.638. The minimum absolute atomic E-state index is 0.188. The van der Waals surface area contributed by atoms with E-state index < -0.39 is 12.0 Å². The largest absolute Gasteiger partial charge is 0.496 e. The molecule has 1 atom stereocenters. The van der Waals surface area contributed by atoms with E-state index in [0.717, 1.165) is 32.9 Å². The molecule has 2 aromatic carbocycles. The van der Waals surface area contributed by atoms with Crippen LogP contribution in [0.25, 0.3) is 11.8 Å². The Bertz CT molecular complexity index is 1730. The maximum Gasteiger partial charge on any atom is 0.338 e. The van der Waals surface area contributed by atoms with Gasteiger partial charge in [-0.1, -0.05) is 61.6 Å². The van der Waals surface area contributed by atoms with Crippen LogP contribution in [-0.4, -0.2) is 24.3 Å². The van der Waals surface area contributed by atoms with Gasteiger partial charge in [0.15, 0.2) is 4.80 Å². The fraction of sp³-hybridized carbons (Fsp3) is 0.258. The maximum absolute atomic E-state index is 14.0. The summed E-state index contributed by atoms with van der Waals surface area (Å²) < 4.78 is 13.3. The zero-order valence-electron chi connectivity index (χ0n) is 22.6. The molecule has 1 unspecified atom stereocenters. The van der Waals surface area contributed by atoms with Gasteiger partial charge in [0.05, 0.1) is 29.5 Å². The van der Waals surface area contributed by atoms with Gasteiger partial charge in [-0.2, -0.15) is 0 Å². The normalized spacial score (nSPS) is 15.3. The third kappa shape index (κ3) is 5.02. The molecule has 0 fully saturated rings. The molecular weight excluding hydrogens is 528 g/mol. The standard InChI is InChI=1S/C31H30N2O4S2/c1-6-37-30(35)26-27(20-11-8-7-9-12-20)32-31-33(28(26)24-13-10-14-38-24)29(34)25(39-31)17-21-16-22(18(2)3)23(36-5)15-19(21)4/h7-18,28H,6H2,1-5H3/b25-17-. The van der Waals surface area contributed by atoms with Gasteiger partial charge in [0, 0.05) is 10.4 Å². The molecule has 200 valence electrons. The van der Waals surface area contributed by atoms with Crippen molar-refractivity contribution in [3.63, 3.8) is 0 Å². The van der Waals surface area contributed by atoms with Crippen LogP contribution >= 0.6 is 22.7 Å². The molecule has 1 aliphatic rings. The average Bonchev–Trinajstić information content (AvgIpc) is 3.57. The van der Waals surface area contributed by atoms with Gasteiger partial charge in [-0.25, -0.2) is 9.79 Å².